The Morgan fingerprint density at radius 2 is 1.97 bits per heavy atom. The molecule has 188 valence electrons. The monoisotopic (exact) mass is 519 g/mol. The number of esters is 1. The Labute approximate surface area is 208 Å². The van der Waals surface area contributed by atoms with E-state index in [2.05, 4.69) is 14.9 Å². The summed E-state index contributed by atoms with van der Waals surface area (Å²) < 4.78 is 34.4. The van der Waals surface area contributed by atoms with Crippen molar-refractivity contribution in [2.45, 2.75) is 33.2 Å². The van der Waals surface area contributed by atoms with Gasteiger partial charge in [-0.2, -0.15) is 5.26 Å². The number of anilines is 2. The predicted octanol–water partition coefficient (Wildman–Crippen LogP) is 0.855. The maximum Gasteiger partial charge on any atom is 0.351 e. The SMILES string of the molecule is CCOC(=O)/C(C#N)=c1\s/c(=C/Nc2cccc(NS(=O)(=O)CCN3CCCC3)c2)c(=O)n1CC. The Morgan fingerprint density at radius 3 is 2.63 bits per heavy atom. The average molecular weight is 520 g/mol. The van der Waals surface area contributed by atoms with Crippen LogP contribution in [0.4, 0.5) is 11.4 Å². The van der Waals surface area contributed by atoms with Crippen molar-refractivity contribution in [2.24, 2.45) is 0 Å². The normalized spacial score (nSPS) is 15.5. The van der Waals surface area contributed by atoms with E-state index in [0.717, 1.165) is 37.3 Å². The summed E-state index contributed by atoms with van der Waals surface area (Å²) in [4.78, 5) is 27.1. The van der Waals surface area contributed by atoms with Crippen molar-refractivity contribution in [3.05, 3.63) is 43.8 Å². The predicted molar refractivity (Wildman–Crippen MR) is 137 cm³/mol. The molecule has 0 radical (unpaired) electrons. The minimum Gasteiger partial charge on any atom is -0.462 e. The fourth-order valence-electron chi connectivity index (χ4n) is 3.68. The molecule has 1 aliphatic heterocycles. The first-order chi connectivity index (χ1) is 16.8. The number of carbonyl (C=O) groups excluding carboxylic acids is 1. The highest BCUT2D eigenvalue weighted by molar-refractivity contribution is 7.92. The number of thiazole rings is 1. The largest absolute Gasteiger partial charge is 0.462 e. The zero-order chi connectivity index (χ0) is 25.4. The minimum atomic E-state index is -3.50. The van der Waals surface area contributed by atoms with Crippen molar-refractivity contribution in [2.75, 3.05) is 42.0 Å². The summed E-state index contributed by atoms with van der Waals surface area (Å²) in [5, 5.41) is 12.4. The lowest BCUT2D eigenvalue weighted by Crippen LogP contribution is -2.32. The molecule has 1 fully saturated rings. The number of rotatable bonds is 10. The maximum atomic E-state index is 12.8. The summed E-state index contributed by atoms with van der Waals surface area (Å²) in [6.45, 7) is 6.14. The molecule has 0 amide bonds. The average Bonchev–Trinajstić information content (AvgIpc) is 3.45. The Bertz CT molecular complexity index is 1380. The highest BCUT2D eigenvalue weighted by Gasteiger charge is 2.17. The molecule has 3 rings (SSSR count). The number of hydrogen-bond donors (Lipinski definition) is 2. The molecule has 2 heterocycles. The van der Waals surface area contributed by atoms with Gasteiger partial charge in [-0.05, 0) is 58.0 Å². The molecule has 1 aromatic heterocycles. The van der Waals surface area contributed by atoms with E-state index in [1.165, 1.54) is 10.8 Å². The molecule has 0 spiro atoms. The highest BCUT2D eigenvalue weighted by atomic mass is 32.2. The molecular weight excluding hydrogens is 490 g/mol. The van der Waals surface area contributed by atoms with E-state index in [4.69, 9.17) is 4.74 Å². The van der Waals surface area contributed by atoms with Crippen LogP contribution in [0.2, 0.25) is 0 Å². The van der Waals surface area contributed by atoms with Crippen molar-refractivity contribution in [1.29, 1.82) is 5.26 Å². The second kappa shape index (κ2) is 12.0. The van der Waals surface area contributed by atoms with Gasteiger partial charge in [-0.3, -0.25) is 14.1 Å². The summed E-state index contributed by atoms with van der Waals surface area (Å²) in [5.41, 5.74) is 0.402. The van der Waals surface area contributed by atoms with Crippen LogP contribution in [0.1, 0.15) is 26.7 Å². The second-order valence-electron chi connectivity index (χ2n) is 7.87. The van der Waals surface area contributed by atoms with E-state index in [9.17, 15) is 23.3 Å². The van der Waals surface area contributed by atoms with E-state index in [0.29, 0.717) is 17.9 Å². The van der Waals surface area contributed by atoms with Crippen molar-refractivity contribution in [1.82, 2.24) is 9.47 Å². The number of hydrogen-bond acceptors (Lipinski definition) is 9. The van der Waals surface area contributed by atoms with Gasteiger partial charge in [-0.15, -0.1) is 11.3 Å². The van der Waals surface area contributed by atoms with E-state index in [1.54, 1.807) is 38.1 Å². The lowest BCUT2D eigenvalue weighted by molar-refractivity contribution is -0.136. The number of likely N-dealkylation sites (tertiary alicyclic amines) is 1. The van der Waals surface area contributed by atoms with Crippen LogP contribution in [0, 0.1) is 11.3 Å². The van der Waals surface area contributed by atoms with Gasteiger partial charge in [0.1, 0.15) is 15.3 Å². The minimum absolute atomic E-state index is 0.0174. The van der Waals surface area contributed by atoms with Crippen LogP contribution < -0.4 is 24.8 Å². The Kier molecular flexibility index (Phi) is 9.08. The van der Waals surface area contributed by atoms with Crippen molar-refractivity contribution < 1.29 is 17.9 Å². The van der Waals surface area contributed by atoms with Crippen molar-refractivity contribution >= 4 is 50.5 Å². The zero-order valence-corrected chi connectivity index (χ0v) is 21.4. The van der Waals surface area contributed by atoms with Gasteiger partial charge in [-0.1, -0.05) is 6.07 Å². The van der Waals surface area contributed by atoms with Crippen LogP contribution >= 0.6 is 11.3 Å². The third-order valence-electron chi connectivity index (χ3n) is 5.41. The van der Waals surface area contributed by atoms with Crippen LogP contribution in [0.5, 0.6) is 0 Å². The topological polar surface area (TPSA) is 134 Å². The first-order valence-corrected chi connectivity index (χ1v) is 13.9. The number of nitriles is 1. The second-order valence-corrected chi connectivity index (χ2v) is 10.7. The first-order valence-electron chi connectivity index (χ1n) is 11.4. The smallest absolute Gasteiger partial charge is 0.351 e. The number of carbonyl (C=O) groups is 1. The number of nitrogens with one attached hydrogen (secondary N) is 2. The molecule has 12 heteroatoms. The van der Waals surface area contributed by atoms with Gasteiger partial charge in [0.15, 0.2) is 5.57 Å². The van der Waals surface area contributed by atoms with Crippen LogP contribution in [-0.4, -0.2) is 55.8 Å². The fraction of sp³-hybridized carbons (Fsp3) is 0.435. The molecule has 2 N–H and O–H groups in total. The number of ether oxygens (including phenoxy) is 1. The lowest BCUT2D eigenvalue weighted by atomic mass is 10.3. The molecule has 0 unspecified atom stereocenters. The molecule has 0 saturated carbocycles. The molecule has 1 saturated heterocycles. The first kappa shape index (κ1) is 26.5. The van der Waals surface area contributed by atoms with Gasteiger partial charge in [0.05, 0.1) is 18.0 Å². The van der Waals surface area contributed by atoms with Crippen LogP contribution in [0.3, 0.4) is 0 Å². The van der Waals surface area contributed by atoms with Gasteiger partial charge in [0.25, 0.3) is 5.56 Å². The molecular formula is C23H29N5O5S2. The highest BCUT2D eigenvalue weighted by Crippen LogP contribution is 2.17. The molecule has 1 aromatic carbocycles. The van der Waals surface area contributed by atoms with E-state index in [1.807, 2.05) is 6.07 Å². The van der Waals surface area contributed by atoms with Crippen molar-refractivity contribution in [3.63, 3.8) is 0 Å². The van der Waals surface area contributed by atoms with Gasteiger partial charge in [0, 0.05) is 25.0 Å². The standard InChI is InChI=1S/C23H29N5O5S2/c1-3-28-21(29)20(34-22(28)19(15-24)23(30)33-4-2)16-25-17-8-7-9-18(14-17)26-35(31,32)13-12-27-10-5-6-11-27/h7-9,14,16,25-26H,3-6,10-13H2,1-2H3/b20-16+,22-19-. The lowest BCUT2D eigenvalue weighted by Gasteiger charge is -2.15. The Morgan fingerprint density at radius 1 is 1.26 bits per heavy atom. The summed E-state index contributed by atoms with van der Waals surface area (Å²) in [6.07, 6.45) is 3.68. The van der Waals surface area contributed by atoms with Crippen molar-refractivity contribution in [3.8, 4) is 6.07 Å². The number of benzene rings is 1. The van der Waals surface area contributed by atoms with Gasteiger partial charge in [0.2, 0.25) is 10.0 Å². The third-order valence-corrected chi connectivity index (χ3v) is 7.81. The van der Waals surface area contributed by atoms with Gasteiger partial charge < -0.3 is 15.0 Å². The molecule has 10 nitrogen and oxygen atoms in total. The maximum absolute atomic E-state index is 12.8. The Balaban J connectivity index is 1.81. The molecule has 35 heavy (non-hydrogen) atoms. The van der Waals surface area contributed by atoms with Crippen LogP contribution in [0.25, 0.3) is 11.8 Å². The zero-order valence-electron chi connectivity index (χ0n) is 19.7. The third kappa shape index (κ3) is 6.94. The van der Waals surface area contributed by atoms with Gasteiger partial charge >= 0.3 is 5.97 Å². The summed E-state index contributed by atoms with van der Waals surface area (Å²) in [7, 11) is -3.50. The molecule has 0 aliphatic carbocycles. The van der Waals surface area contributed by atoms with Gasteiger partial charge in [-0.25, -0.2) is 13.2 Å². The molecule has 0 atom stereocenters. The summed E-state index contributed by atoms with van der Waals surface area (Å²) >= 11 is 1.01. The molecule has 2 aromatic rings. The molecule has 0 bridgehead atoms. The van der Waals surface area contributed by atoms with E-state index in [-0.39, 0.29) is 39.2 Å². The number of aromatic nitrogens is 1. The summed E-state index contributed by atoms with van der Waals surface area (Å²) in [5.74, 6) is -0.758. The fourth-order valence-corrected chi connectivity index (χ4v) is 5.85. The van der Waals surface area contributed by atoms with Crippen LogP contribution in [-0.2, 0) is 26.1 Å². The quantitative estimate of drug-likeness (QED) is 0.442. The number of sulfonamides is 1. The Hall–Kier alpha value is -3.14. The van der Waals surface area contributed by atoms with Crippen LogP contribution in [0.15, 0.2) is 29.1 Å². The molecule has 1 aliphatic rings. The van der Waals surface area contributed by atoms with E-state index >= 15 is 0 Å². The summed E-state index contributed by atoms with van der Waals surface area (Å²) in [6, 6.07) is 8.55. The van der Waals surface area contributed by atoms with E-state index < -0.39 is 16.0 Å². The number of nitrogens with zero attached hydrogens (tertiary/aromatic N) is 3.